The molecule has 0 aliphatic carbocycles. The summed E-state index contributed by atoms with van der Waals surface area (Å²) in [6, 6.07) is 7.91. The van der Waals surface area contributed by atoms with Crippen molar-refractivity contribution in [2.24, 2.45) is 11.8 Å². The van der Waals surface area contributed by atoms with Gasteiger partial charge in [0, 0.05) is 24.2 Å². The predicted octanol–water partition coefficient (Wildman–Crippen LogP) is 3.30. The molecule has 1 atom stereocenters. The number of benzene rings is 1. The van der Waals surface area contributed by atoms with Crippen molar-refractivity contribution < 1.29 is 4.79 Å². The Morgan fingerprint density at radius 3 is 2.21 bits per heavy atom. The second kappa shape index (κ2) is 6.60. The van der Waals surface area contributed by atoms with E-state index in [0.717, 1.165) is 11.3 Å². The minimum absolute atomic E-state index is 0.0346. The molecule has 1 amide bonds. The van der Waals surface area contributed by atoms with Crippen LogP contribution in [0.1, 0.15) is 40.2 Å². The van der Waals surface area contributed by atoms with Gasteiger partial charge in [-0.15, -0.1) is 0 Å². The predicted molar refractivity (Wildman–Crippen MR) is 80.5 cm³/mol. The quantitative estimate of drug-likeness (QED) is 0.828. The van der Waals surface area contributed by atoms with E-state index in [9.17, 15) is 4.79 Å². The van der Waals surface area contributed by atoms with Gasteiger partial charge in [-0.1, -0.05) is 39.0 Å². The summed E-state index contributed by atoms with van der Waals surface area (Å²) in [6.07, 6.45) is 0. The van der Waals surface area contributed by atoms with Gasteiger partial charge >= 0.3 is 0 Å². The van der Waals surface area contributed by atoms with Crippen molar-refractivity contribution in [3.63, 3.8) is 0 Å². The molecule has 3 heteroatoms. The van der Waals surface area contributed by atoms with Crippen molar-refractivity contribution in [1.29, 1.82) is 0 Å². The molecule has 1 aromatic carbocycles. The zero-order chi connectivity index (χ0) is 14.6. The van der Waals surface area contributed by atoms with E-state index in [1.807, 2.05) is 49.9 Å². The monoisotopic (exact) mass is 262 g/mol. The number of nitrogens with two attached hydrogens (primary N) is 1. The van der Waals surface area contributed by atoms with Crippen molar-refractivity contribution in [2.45, 2.75) is 47.2 Å². The summed E-state index contributed by atoms with van der Waals surface area (Å²) in [5.41, 5.74) is 7.73. The van der Waals surface area contributed by atoms with E-state index in [-0.39, 0.29) is 17.9 Å². The molecule has 0 saturated heterocycles. The molecular formula is C16H26N2O. The van der Waals surface area contributed by atoms with E-state index < -0.39 is 0 Å². The third-order valence-corrected chi connectivity index (χ3v) is 3.69. The number of para-hydroxylation sites is 1. The zero-order valence-corrected chi connectivity index (χ0v) is 12.7. The number of hydrogen-bond donors (Lipinski definition) is 1. The van der Waals surface area contributed by atoms with Crippen LogP contribution in [-0.4, -0.2) is 16.8 Å². The molecule has 3 nitrogen and oxygen atoms in total. The highest BCUT2D eigenvalue weighted by Gasteiger charge is 2.25. The first-order valence-corrected chi connectivity index (χ1v) is 6.98. The van der Waals surface area contributed by atoms with Gasteiger partial charge in [-0.25, -0.2) is 0 Å². The highest BCUT2D eigenvalue weighted by molar-refractivity contribution is 5.79. The molecule has 0 aliphatic rings. The molecule has 0 saturated carbocycles. The molecular weight excluding hydrogens is 236 g/mol. The topological polar surface area (TPSA) is 46.3 Å². The summed E-state index contributed by atoms with van der Waals surface area (Å²) in [5, 5.41) is 0. The number of hydrogen-bond acceptors (Lipinski definition) is 2. The van der Waals surface area contributed by atoms with Crippen molar-refractivity contribution >= 4 is 11.6 Å². The SMILES string of the molecule is CC(C)C(C)C(=O)N(Cc1ccccc1N)C(C)C. The van der Waals surface area contributed by atoms with E-state index in [4.69, 9.17) is 5.73 Å². The molecule has 2 N–H and O–H groups in total. The maximum absolute atomic E-state index is 12.5. The summed E-state index contributed by atoms with van der Waals surface area (Å²) in [5.74, 6) is 0.586. The van der Waals surface area contributed by atoms with Gasteiger partial charge in [0.1, 0.15) is 0 Å². The summed E-state index contributed by atoms with van der Waals surface area (Å²) < 4.78 is 0. The van der Waals surface area contributed by atoms with E-state index in [0.29, 0.717) is 12.5 Å². The van der Waals surface area contributed by atoms with Crippen LogP contribution < -0.4 is 5.73 Å². The van der Waals surface area contributed by atoms with Gasteiger partial charge in [0.2, 0.25) is 5.91 Å². The van der Waals surface area contributed by atoms with Crippen LogP contribution in [0.25, 0.3) is 0 Å². The average molecular weight is 262 g/mol. The third-order valence-electron chi connectivity index (χ3n) is 3.69. The Bertz CT molecular complexity index is 427. The Hall–Kier alpha value is -1.51. The van der Waals surface area contributed by atoms with Gasteiger partial charge in [0.05, 0.1) is 0 Å². The Kier molecular flexibility index (Phi) is 5.40. The van der Waals surface area contributed by atoms with Gasteiger partial charge in [0.25, 0.3) is 0 Å². The molecule has 0 aromatic heterocycles. The van der Waals surface area contributed by atoms with Crippen molar-refractivity contribution in [2.75, 3.05) is 5.73 Å². The number of amides is 1. The fourth-order valence-corrected chi connectivity index (χ4v) is 1.92. The minimum atomic E-state index is 0.0346. The highest BCUT2D eigenvalue weighted by Crippen LogP contribution is 2.20. The van der Waals surface area contributed by atoms with Crippen LogP contribution in [0.3, 0.4) is 0 Å². The van der Waals surface area contributed by atoms with Gasteiger partial charge < -0.3 is 10.6 Å². The average Bonchev–Trinajstić information content (AvgIpc) is 2.35. The summed E-state index contributed by atoms with van der Waals surface area (Å²) in [7, 11) is 0. The third kappa shape index (κ3) is 3.98. The lowest BCUT2D eigenvalue weighted by atomic mass is 9.95. The Balaban J connectivity index is 2.91. The molecule has 1 aromatic rings. The molecule has 0 spiro atoms. The van der Waals surface area contributed by atoms with Crippen molar-refractivity contribution in [3.8, 4) is 0 Å². The Morgan fingerprint density at radius 2 is 1.74 bits per heavy atom. The summed E-state index contributed by atoms with van der Waals surface area (Å²) in [4.78, 5) is 14.4. The largest absolute Gasteiger partial charge is 0.398 e. The Labute approximate surface area is 116 Å². The van der Waals surface area contributed by atoms with Crippen molar-refractivity contribution in [3.05, 3.63) is 29.8 Å². The highest BCUT2D eigenvalue weighted by atomic mass is 16.2. The van der Waals surface area contributed by atoms with E-state index >= 15 is 0 Å². The molecule has 1 unspecified atom stereocenters. The van der Waals surface area contributed by atoms with Crippen LogP contribution >= 0.6 is 0 Å². The number of rotatable bonds is 5. The first kappa shape index (κ1) is 15.5. The van der Waals surface area contributed by atoms with Gasteiger partial charge in [-0.2, -0.15) is 0 Å². The summed E-state index contributed by atoms with van der Waals surface area (Å²) in [6.45, 7) is 10.8. The van der Waals surface area contributed by atoms with Gasteiger partial charge in [-0.05, 0) is 31.4 Å². The van der Waals surface area contributed by atoms with Crippen LogP contribution in [0.2, 0.25) is 0 Å². The lowest BCUT2D eigenvalue weighted by Crippen LogP contribution is -2.41. The number of anilines is 1. The number of nitrogen functional groups attached to an aromatic ring is 1. The molecule has 0 fully saturated rings. The second-order valence-corrected chi connectivity index (χ2v) is 5.79. The lowest BCUT2D eigenvalue weighted by Gasteiger charge is -2.31. The zero-order valence-electron chi connectivity index (χ0n) is 12.7. The molecule has 0 aliphatic heterocycles. The van der Waals surface area contributed by atoms with Crippen LogP contribution in [0.5, 0.6) is 0 Å². The van der Waals surface area contributed by atoms with E-state index in [2.05, 4.69) is 13.8 Å². The maximum Gasteiger partial charge on any atom is 0.226 e. The van der Waals surface area contributed by atoms with Crippen LogP contribution in [0, 0.1) is 11.8 Å². The van der Waals surface area contributed by atoms with Crippen LogP contribution in [0.15, 0.2) is 24.3 Å². The smallest absolute Gasteiger partial charge is 0.226 e. The first-order valence-electron chi connectivity index (χ1n) is 6.98. The van der Waals surface area contributed by atoms with Crippen molar-refractivity contribution in [1.82, 2.24) is 4.90 Å². The molecule has 0 radical (unpaired) electrons. The van der Waals surface area contributed by atoms with E-state index in [1.54, 1.807) is 0 Å². The number of nitrogens with zero attached hydrogens (tertiary/aromatic N) is 1. The number of carbonyl (C=O) groups excluding carboxylic acids is 1. The van der Waals surface area contributed by atoms with Crippen LogP contribution in [-0.2, 0) is 11.3 Å². The molecule has 0 heterocycles. The van der Waals surface area contributed by atoms with Gasteiger partial charge in [0.15, 0.2) is 0 Å². The lowest BCUT2D eigenvalue weighted by molar-refractivity contribution is -0.138. The molecule has 19 heavy (non-hydrogen) atoms. The van der Waals surface area contributed by atoms with Gasteiger partial charge in [-0.3, -0.25) is 4.79 Å². The fourth-order valence-electron chi connectivity index (χ4n) is 1.92. The normalized spacial score (nSPS) is 12.8. The Morgan fingerprint density at radius 1 is 1.16 bits per heavy atom. The van der Waals surface area contributed by atoms with E-state index in [1.165, 1.54) is 0 Å². The second-order valence-electron chi connectivity index (χ2n) is 5.79. The van der Waals surface area contributed by atoms with Crippen LogP contribution in [0.4, 0.5) is 5.69 Å². The number of carbonyl (C=O) groups is 1. The maximum atomic E-state index is 12.5. The summed E-state index contributed by atoms with van der Waals surface area (Å²) >= 11 is 0. The standard InChI is InChI=1S/C16H26N2O/c1-11(2)13(5)16(19)18(12(3)4)10-14-8-6-7-9-15(14)17/h6-9,11-13H,10,17H2,1-5H3. The molecule has 1 rings (SSSR count). The molecule has 106 valence electrons. The molecule has 0 bridgehead atoms. The first-order chi connectivity index (χ1) is 8.84. The fraction of sp³-hybridized carbons (Fsp3) is 0.562. The minimum Gasteiger partial charge on any atom is -0.398 e.